The molecule has 0 unspecified atom stereocenters. The monoisotopic (exact) mass is 514 g/mol. The number of anilines is 3. The minimum absolute atomic E-state index is 1.14. The van der Waals surface area contributed by atoms with Crippen molar-refractivity contribution < 1.29 is 0 Å². The van der Waals surface area contributed by atoms with Gasteiger partial charge in [0.15, 0.2) is 0 Å². The van der Waals surface area contributed by atoms with Gasteiger partial charge in [-0.15, -0.1) is 0 Å². The molecule has 7 aromatic rings. The van der Waals surface area contributed by atoms with Gasteiger partial charge in [-0.1, -0.05) is 90.0 Å². The van der Waals surface area contributed by atoms with E-state index in [0.29, 0.717) is 0 Å². The summed E-state index contributed by atoms with van der Waals surface area (Å²) >= 11 is 0. The fourth-order valence-corrected chi connectivity index (χ4v) is 5.65. The maximum atomic E-state index is 2.37. The van der Waals surface area contributed by atoms with Crippen LogP contribution in [-0.2, 0) is 0 Å². The molecule has 0 amide bonds. The van der Waals surface area contributed by atoms with E-state index in [0.717, 1.165) is 17.1 Å². The summed E-state index contributed by atoms with van der Waals surface area (Å²) in [5.41, 5.74) is 12.0. The van der Waals surface area contributed by atoms with Crippen LogP contribution in [0.15, 0.2) is 146 Å². The van der Waals surface area contributed by atoms with Gasteiger partial charge in [0.25, 0.3) is 0 Å². The van der Waals surface area contributed by atoms with E-state index in [9.17, 15) is 0 Å². The molecule has 0 aliphatic heterocycles. The Hall–Kier alpha value is -5.08. The van der Waals surface area contributed by atoms with Crippen molar-refractivity contribution in [3.63, 3.8) is 0 Å². The van der Waals surface area contributed by atoms with Crippen LogP contribution in [0, 0.1) is 13.8 Å². The van der Waals surface area contributed by atoms with E-state index >= 15 is 0 Å². The molecular weight excluding hydrogens is 484 g/mol. The molecule has 2 nitrogen and oxygen atoms in total. The lowest BCUT2D eigenvalue weighted by molar-refractivity contribution is 1.17. The van der Waals surface area contributed by atoms with Crippen molar-refractivity contribution >= 4 is 38.9 Å². The Labute approximate surface area is 235 Å². The number of fused-ring (bicyclic) bond motifs is 3. The highest BCUT2D eigenvalue weighted by Crippen LogP contribution is 2.38. The van der Waals surface area contributed by atoms with Crippen LogP contribution in [0.2, 0.25) is 0 Å². The van der Waals surface area contributed by atoms with Crippen LogP contribution in [0.3, 0.4) is 0 Å². The molecule has 0 atom stereocenters. The van der Waals surface area contributed by atoms with Crippen LogP contribution in [0.5, 0.6) is 0 Å². The van der Waals surface area contributed by atoms with Crippen molar-refractivity contribution in [1.29, 1.82) is 0 Å². The molecule has 0 fully saturated rings. The number of aromatic nitrogens is 1. The van der Waals surface area contributed by atoms with Crippen molar-refractivity contribution in [3.05, 3.63) is 157 Å². The van der Waals surface area contributed by atoms with E-state index in [-0.39, 0.29) is 0 Å². The average molecular weight is 515 g/mol. The third-order valence-corrected chi connectivity index (χ3v) is 7.73. The van der Waals surface area contributed by atoms with Crippen LogP contribution >= 0.6 is 0 Å². The highest BCUT2D eigenvalue weighted by molar-refractivity contribution is 6.10. The normalized spacial score (nSPS) is 11.2. The van der Waals surface area contributed by atoms with Gasteiger partial charge in [-0.2, -0.15) is 0 Å². The van der Waals surface area contributed by atoms with Gasteiger partial charge < -0.3 is 9.47 Å². The highest BCUT2D eigenvalue weighted by atomic mass is 15.1. The van der Waals surface area contributed by atoms with Crippen LogP contribution in [0.25, 0.3) is 38.6 Å². The molecule has 2 heteroatoms. The Morgan fingerprint density at radius 3 is 1.65 bits per heavy atom. The SMILES string of the molecule is Cc1ccc(N(c2ccccc2)c2ccc(-c3ccc4c(c3)c3ccccc3n4-c3ccc(C)cc3)cc2)cc1. The molecule has 0 N–H and O–H groups in total. The van der Waals surface area contributed by atoms with E-state index in [1.165, 1.54) is 49.7 Å². The van der Waals surface area contributed by atoms with Gasteiger partial charge in [0.1, 0.15) is 0 Å². The van der Waals surface area contributed by atoms with Gasteiger partial charge in [0.2, 0.25) is 0 Å². The molecule has 1 aromatic heterocycles. The van der Waals surface area contributed by atoms with E-state index in [1.807, 2.05) is 0 Å². The fourth-order valence-electron chi connectivity index (χ4n) is 5.65. The molecule has 6 aromatic carbocycles. The lowest BCUT2D eigenvalue weighted by Crippen LogP contribution is -2.09. The first kappa shape index (κ1) is 24.0. The van der Waals surface area contributed by atoms with Gasteiger partial charge in [0.05, 0.1) is 11.0 Å². The molecule has 0 spiro atoms. The predicted octanol–water partition coefficient (Wildman–Crippen LogP) is 10.5. The fraction of sp³-hybridized carbons (Fsp3) is 0.0526. The van der Waals surface area contributed by atoms with Gasteiger partial charge in [-0.05, 0) is 91.7 Å². The number of hydrogen-bond acceptors (Lipinski definition) is 1. The number of para-hydroxylation sites is 2. The largest absolute Gasteiger partial charge is 0.311 e. The Balaban J connectivity index is 1.31. The van der Waals surface area contributed by atoms with Gasteiger partial charge in [0, 0.05) is 33.5 Å². The van der Waals surface area contributed by atoms with Gasteiger partial charge >= 0.3 is 0 Å². The average Bonchev–Trinajstić information content (AvgIpc) is 3.33. The molecule has 0 saturated carbocycles. The first-order chi connectivity index (χ1) is 19.7. The first-order valence-corrected chi connectivity index (χ1v) is 13.8. The molecule has 0 aliphatic carbocycles. The van der Waals surface area contributed by atoms with Crippen LogP contribution in [-0.4, -0.2) is 4.57 Å². The van der Waals surface area contributed by atoms with Gasteiger partial charge in [-0.3, -0.25) is 0 Å². The Kier molecular flexibility index (Phi) is 5.94. The molecule has 1 heterocycles. The standard InChI is InChI=1S/C38H30N2/c1-27-12-19-32(20-13-27)39(31-8-4-3-5-9-31)33-23-16-29(17-24-33)30-18-25-38-36(26-30)35-10-6-7-11-37(35)40(38)34-21-14-28(2)15-22-34/h3-26H,1-2H3. The summed E-state index contributed by atoms with van der Waals surface area (Å²) in [6.07, 6.45) is 0. The quantitative estimate of drug-likeness (QED) is 0.222. The Bertz CT molecular complexity index is 1930. The number of rotatable bonds is 5. The Morgan fingerprint density at radius 1 is 0.425 bits per heavy atom. The lowest BCUT2D eigenvalue weighted by atomic mass is 10.0. The number of aryl methyl sites for hydroxylation is 2. The molecule has 7 rings (SSSR count). The van der Waals surface area contributed by atoms with Crippen LogP contribution < -0.4 is 4.90 Å². The highest BCUT2D eigenvalue weighted by Gasteiger charge is 2.15. The molecule has 40 heavy (non-hydrogen) atoms. The van der Waals surface area contributed by atoms with Crippen molar-refractivity contribution in [2.24, 2.45) is 0 Å². The summed E-state index contributed by atoms with van der Waals surface area (Å²) in [6.45, 7) is 4.26. The maximum Gasteiger partial charge on any atom is 0.0541 e. The zero-order chi connectivity index (χ0) is 27.1. The third kappa shape index (κ3) is 4.24. The smallest absolute Gasteiger partial charge is 0.0541 e. The summed E-state index contributed by atoms with van der Waals surface area (Å²) in [6, 6.07) is 52.5. The molecule has 0 bridgehead atoms. The Morgan fingerprint density at radius 2 is 0.950 bits per heavy atom. The number of hydrogen-bond donors (Lipinski definition) is 0. The molecular formula is C38H30N2. The van der Waals surface area contributed by atoms with Gasteiger partial charge in [-0.25, -0.2) is 0 Å². The molecule has 0 saturated heterocycles. The zero-order valence-corrected chi connectivity index (χ0v) is 22.8. The predicted molar refractivity (Wildman–Crippen MR) is 170 cm³/mol. The number of nitrogens with zero attached hydrogens (tertiary/aromatic N) is 2. The topological polar surface area (TPSA) is 8.17 Å². The minimum atomic E-state index is 1.14. The summed E-state index contributed by atoms with van der Waals surface area (Å²) in [7, 11) is 0. The van der Waals surface area contributed by atoms with E-state index in [2.05, 4.69) is 169 Å². The van der Waals surface area contributed by atoms with Crippen molar-refractivity contribution in [2.75, 3.05) is 4.90 Å². The minimum Gasteiger partial charge on any atom is -0.311 e. The van der Waals surface area contributed by atoms with E-state index in [1.54, 1.807) is 0 Å². The number of benzene rings is 6. The third-order valence-electron chi connectivity index (χ3n) is 7.73. The summed E-state index contributed by atoms with van der Waals surface area (Å²) < 4.78 is 2.37. The van der Waals surface area contributed by atoms with Crippen molar-refractivity contribution in [2.45, 2.75) is 13.8 Å². The van der Waals surface area contributed by atoms with Crippen molar-refractivity contribution in [3.8, 4) is 16.8 Å². The second kappa shape index (κ2) is 9.91. The summed E-state index contributed by atoms with van der Waals surface area (Å²) in [5, 5.41) is 2.54. The van der Waals surface area contributed by atoms with E-state index < -0.39 is 0 Å². The van der Waals surface area contributed by atoms with Crippen LogP contribution in [0.1, 0.15) is 11.1 Å². The maximum absolute atomic E-state index is 2.37. The molecule has 192 valence electrons. The van der Waals surface area contributed by atoms with Crippen molar-refractivity contribution in [1.82, 2.24) is 4.57 Å². The second-order valence-corrected chi connectivity index (χ2v) is 10.5. The van der Waals surface area contributed by atoms with Crippen LogP contribution in [0.4, 0.5) is 17.1 Å². The molecule has 0 aliphatic rings. The van der Waals surface area contributed by atoms with E-state index in [4.69, 9.17) is 0 Å². The second-order valence-electron chi connectivity index (χ2n) is 10.5. The zero-order valence-electron chi connectivity index (χ0n) is 22.8. The summed E-state index contributed by atoms with van der Waals surface area (Å²) in [5.74, 6) is 0. The lowest BCUT2D eigenvalue weighted by Gasteiger charge is -2.25. The first-order valence-electron chi connectivity index (χ1n) is 13.8. The summed E-state index contributed by atoms with van der Waals surface area (Å²) in [4.78, 5) is 2.31. The molecule has 0 radical (unpaired) electrons.